The fourth-order valence-corrected chi connectivity index (χ4v) is 1.86. The van der Waals surface area contributed by atoms with E-state index in [0.29, 0.717) is 12.2 Å². The van der Waals surface area contributed by atoms with Gasteiger partial charge in [0.2, 0.25) is 5.91 Å². The summed E-state index contributed by atoms with van der Waals surface area (Å²) in [6, 6.07) is 9.69. The highest BCUT2D eigenvalue weighted by atomic mass is 16.2. The van der Waals surface area contributed by atoms with Gasteiger partial charge in [-0.15, -0.1) is 0 Å². The maximum atomic E-state index is 11.8. The molecule has 2 aromatic rings. The lowest BCUT2D eigenvalue weighted by molar-refractivity contribution is -0.119. The third-order valence-electron chi connectivity index (χ3n) is 2.89. The second-order valence-corrected chi connectivity index (χ2v) is 4.62. The Morgan fingerprint density at radius 2 is 2.00 bits per heavy atom. The molecule has 1 heterocycles. The minimum absolute atomic E-state index is 0.339. The molecule has 0 aliphatic rings. The third kappa shape index (κ3) is 4.34. The van der Waals surface area contributed by atoms with Crippen molar-refractivity contribution in [2.24, 2.45) is 12.8 Å². The Balaban J connectivity index is 1.96. The van der Waals surface area contributed by atoms with Crippen LogP contribution in [0.1, 0.15) is 5.56 Å². The topological polar surface area (TPSA) is 102 Å². The van der Waals surface area contributed by atoms with Crippen LogP contribution in [-0.2, 0) is 18.3 Å². The van der Waals surface area contributed by atoms with E-state index in [1.165, 1.54) is 0 Å². The molecule has 0 radical (unpaired) electrons. The number of carbonyl (C=O) groups excluding carboxylic acids is 2. The van der Waals surface area contributed by atoms with Crippen LogP contribution in [0.5, 0.6) is 0 Å². The molecule has 0 saturated heterocycles. The number of nitrogens with two attached hydrogens (primary N) is 1. The fourth-order valence-electron chi connectivity index (χ4n) is 1.86. The second-order valence-electron chi connectivity index (χ2n) is 4.62. The number of hydrogen-bond donors (Lipinski definition) is 3. The van der Waals surface area contributed by atoms with Crippen molar-refractivity contribution in [2.75, 3.05) is 5.32 Å². The number of aryl methyl sites for hydroxylation is 1. The highest BCUT2D eigenvalue weighted by Gasteiger charge is 2.18. The number of aromatic nitrogens is 2. The average molecular weight is 287 g/mol. The standard InChI is InChI=1S/C14H17N5O2/c1-19-8-7-12(18-19)17-14(21)16-11(13(15)20)9-10-5-3-2-4-6-10/h2-8,11H,9H2,1H3,(H2,15,20)(H2,16,17,18,21). The molecule has 1 aromatic heterocycles. The number of amides is 3. The Kier molecular flexibility index (Phi) is 4.55. The van der Waals surface area contributed by atoms with Gasteiger partial charge in [-0.25, -0.2) is 4.79 Å². The van der Waals surface area contributed by atoms with Crippen LogP contribution in [-0.4, -0.2) is 27.8 Å². The summed E-state index contributed by atoms with van der Waals surface area (Å²) < 4.78 is 1.56. The van der Waals surface area contributed by atoms with E-state index < -0.39 is 18.0 Å². The van der Waals surface area contributed by atoms with Gasteiger partial charge in [0.05, 0.1) is 0 Å². The molecule has 110 valence electrons. The van der Waals surface area contributed by atoms with Gasteiger partial charge in [0.25, 0.3) is 0 Å². The monoisotopic (exact) mass is 287 g/mol. The number of urea groups is 1. The fraction of sp³-hybridized carbons (Fsp3) is 0.214. The van der Waals surface area contributed by atoms with E-state index in [4.69, 9.17) is 5.73 Å². The zero-order valence-corrected chi connectivity index (χ0v) is 11.6. The van der Waals surface area contributed by atoms with E-state index in [1.807, 2.05) is 30.3 Å². The van der Waals surface area contributed by atoms with Crippen LogP contribution in [0.25, 0.3) is 0 Å². The van der Waals surface area contributed by atoms with Crippen molar-refractivity contribution in [3.05, 3.63) is 48.2 Å². The highest BCUT2D eigenvalue weighted by molar-refractivity contribution is 5.92. The Morgan fingerprint density at radius 1 is 1.29 bits per heavy atom. The zero-order valence-electron chi connectivity index (χ0n) is 11.6. The lowest BCUT2D eigenvalue weighted by Gasteiger charge is -2.15. The number of primary amides is 1. The van der Waals surface area contributed by atoms with Crippen LogP contribution in [0.2, 0.25) is 0 Å². The molecule has 0 fully saturated rings. The molecule has 0 bridgehead atoms. The minimum atomic E-state index is -0.781. The predicted octanol–water partition coefficient (Wildman–Crippen LogP) is 0.638. The number of rotatable bonds is 5. The summed E-state index contributed by atoms with van der Waals surface area (Å²) in [5, 5.41) is 9.11. The molecule has 0 spiro atoms. The largest absolute Gasteiger partial charge is 0.368 e. The third-order valence-corrected chi connectivity index (χ3v) is 2.89. The van der Waals surface area contributed by atoms with Crippen molar-refractivity contribution in [3.8, 4) is 0 Å². The van der Waals surface area contributed by atoms with E-state index in [2.05, 4.69) is 15.7 Å². The van der Waals surface area contributed by atoms with Crippen LogP contribution < -0.4 is 16.4 Å². The first kappa shape index (κ1) is 14.6. The highest BCUT2D eigenvalue weighted by Crippen LogP contribution is 2.04. The van der Waals surface area contributed by atoms with E-state index >= 15 is 0 Å². The van der Waals surface area contributed by atoms with Gasteiger partial charge in [0, 0.05) is 25.7 Å². The first-order valence-electron chi connectivity index (χ1n) is 6.45. The molecule has 0 aliphatic heterocycles. The summed E-state index contributed by atoms with van der Waals surface area (Å²) in [7, 11) is 1.74. The Hall–Kier alpha value is -2.83. The molecule has 1 unspecified atom stereocenters. The van der Waals surface area contributed by atoms with Crippen molar-refractivity contribution >= 4 is 17.8 Å². The number of nitrogens with one attached hydrogen (secondary N) is 2. The summed E-state index contributed by atoms with van der Waals surface area (Å²) >= 11 is 0. The number of nitrogens with zero attached hydrogens (tertiary/aromatic N) is 2. The van der Waals surface area contributed by atoms with E-state index in [1.54, 1.807) is 24.0 Å². The molecule has 2 rings (SSSR count). The van der Waals surface area contributed by atoms with Crippen molar-refractivity contribution in [3.63, 3.8) is 0 Å². The molecular weight excluding hydrogens is 270 g/mol. The number of carbonyl (C=O) groups is 2. The van der Waals surface area contributed by atoms with Gasteiger partial charge in [-0.2, -0.15) is 5.10 Å². The summed E-state index contributed by atoms with van der Waals surface area (Å²) in [6.45, 7) is 0. The van der Waals surface area contributed by atoms with Gasteiger partial charge in [-0.05, 0) is 5.56 Å². The minimum Gasteiger partial charge on any atom is -0.368 e. The zero-order chi connectivity index (χ0) is 15.2. The molecule has 1 atom stereocenters. The first-order valence-corrected chi connectivity index (χ1v) is 6.45. The number of hydrogen-bond acceptors (Lipinski definition) is 3. The van der Waals surface area contributed by atoms with Crippen LogP contribution in [0.3, 0.4) is 0 Å². The predicted molar refractivity (Wildman–Crippen MR) is 78.5 cm³/mol. The summed E-state index contributed by atoms with van der Waals surface area (Å²) in [5.41, 5.74) is 6.25. The molecule has 3 amide bonds. The van der Waals surface area contributed by atoms with Crippen molar-refractivity contribution < 1.29 is 9.59 Å². The SMILES string of the molecule is Cn1ccc(NC(=O)NC(Cc2ccccc2)C(N)=O)n1. The van der Waals surface area contributed by atoms with Crippen molar-refractivity contribution in [1.82, 2.24) is 15.1 Å². The normalized spacial score (nSPS) is 11.7. The van der Waals surface area contributed by atoms with Crippen LogP contribution in [0.15, 0.2) is 42.6 Å². The Morgan fingerprint density at radius 3 is 2.57 bits per heavy atom. The summed E-state index contributed by atoms with van der Waals surface area (Å²) in [6.07, 6.45) is 2.04. The lowest BCUT2D eigenvalue weighted by Crippen LogP contribution is -2.47. The summed E-state index contributed by atoms with van der Waals surface area (Å²) in [4.78, 5) is 23.3. The molecule has 7 nitrogen and oxygen atoms in total. The average Bonchev–Trinajstić information content (AvgIpc) is 2.84. The Labute approximate surface area is 122 Å². The van der Waals surface area contributed by atoms with Crippen LogP contribution in [0.4, 0.5) is 10.6 Å². The molecule has 1 aromatic carbocycles. The number of anilines is 1. The van der Waals surface area contributed by atoms with E-state index in [0.717, 1.165) is 5.56 Å². The maximum Gasteiger partial charge on any atom is 0.321 e. The van der Waals surface area contributed by atoms with Crippen LogP contribution in [0, 0.1) is 0 Å². The van der Waals surface area contributed by atoms with Crippen molar-refractivity contribution in [1.29, 1.82) is 0 Å². The second kappa shape index (κ2) is 6.56. The molecule has 0 aliphatic carbocycles. The van der Waals surface area contributed by atoms with E-state index in [9.17, 15) is 9.59 Å². The molecule has 7 heteroatoms. The smallest absolute Gasteiger partial charge is 0.321 e. The maximum absolute atomic E-state index is 11.8. The quantitative estimate of drug-likeness (QED) is 0.752. The first-order chi connectivity index (χ1) is 10.0. The van der Waals surface area contributed by atoms with Crippen molar-refractivity contribution in [2.45, 2.75) is 12.5 Å². The van der Waals surface area contributed by atoms with Gasteiger partial charge < -0.3 is 11.1 Å². The van der Waals surface area contributed by atoms with Gasteiger partial charge in [-0.1, -0.05) is 30.3 Å². The van der Waals surface area contributed by atoms with Gasteiger partial charge >= 0.3 is 6.03 Å². The molecule has 21 heavy (non-hydrogen) atoms. The van der Waals surface area contributed by atoms with Gasteiger partial charge in [-0.3, -0.25) is 14.8 Å². The van der Waals surface area contributed by atoms with Crippen LogP contribution >= 0.6 is 0 Å². The molecular formula is C14H17N5O2. The summed E-state index contributed by atoms with van der Waals surface area (Å²) in [5.74, 6) is -0.187. The molecule has 4 N–H and O–H groups in total. The lowest BCUT2D eigenvalue weighted by atomic mass is 10.1. The molecule has 0 saturated carbocycles. The Bertz CT molecular complexity index is 623. The van der Waals surface area contributed by atoms with Gasteiger partial charge in [0.1, 0.15) is 6.04 Å². The van der Waals surface area contributed by atoms with E-state index in [-0.39, 0.29) is 0 Å². The number of benzene rings is 1. The van der Waals surface area contributed by atoms with Gasteiger partial charge in [0.15, 0.2) is 5.82 Å².